The Bertz CT molecular complexity index is 206. The van der Waals surface area contributed by atoms with E-state index < -0.39 is 7.14 Å². The quantitative estimate of drug-likeness (QED) is 0.477. The Morgan fingerprint density at radius 1 is 1.64 bits per heavy atom. The van der Waals surface area contributed by atoms with E-state index in [4.69, 9.17) is 0 Å². The number of rotatable bonds is 3. The van der Waals surface area contributed by atoms with Crippen molar-refractivity contribution in [2.24, 2.45) is 0 Å². The molecule has 0 aliphatic rings. The summed E-state index contributed by atoms with van der Waals surface area (Å²) >= 11 is 0. The van der Waals surface area contributed by atoms with Crippen LogP contribution in [0.3, 0.4) is 0 Å². The second-order valence-corrected chi connectivity index (χ2v) is 6.39. The van der Waals surface area contributed by atoms with E-state index in [-0.39, 0.29) is 5.91 Å². The summed E-state index contributed by atoms with van der Waals surface area (Å²) in [7, 11) is -0.517. The molecular formula is C7H14NO2P. The van der Waals surface area contributed by atoms with Crippen LogP contribution < -0.4 is 0 Å². The predicted octanol–water partition coefficient (Wildman–Crippen LogP) is 1.21. The lowest BCUT2D eigenvalue weighted by Crippen LogP contribution is -2.25. The molecule has 0 heterocycles. The molecule has 0 aliphatic heterocycles. The van der Waals surface area contributed by atoms with Gasteiger partial charge < -0.3 is 9.46 Å². The first-order valence-corrected chi connectivity index (χ1v) is 6.07. The molecule has 0 saturated carbocycles. The van der Waals surface area contributed by atoms with Gasteiger partial charge in [0.25, 0.3) is 0 Å². The number of carbonyl (C=O) groups is 1. The van der Waals surface area contributed by atoms with Crippen LogP contribution in [0, 0.1) is 0 Å². The van der Waals surface area contributed by atoms with Crippen molar-refractivity contribution in [1.82, 2.24) is 4.90 Å². The maximum absolute atomic E-state index is 11.2. The molecule has 3 nitrogen and oxygen atoms in total. The number of hydrogen-bond acceptors (Lipinski definition) is 2. The summed E-state index contributed by atoms with van der Waals surface area (Å²) in [6.07, 6.45) is 1.54. The summed E-state index contributed by atoms with van der Waals surface area (Å²) in [6.45, 7) is 6.64. The van der Waals surface area contributed by atoms with E-state index in [9.17, 15) is 9.36 Å². The molecule has 0 spiro atoms. The van der Waals surface area contributed by atoms with Crippen molar-refractivity contribution in [3.63, 3.8) is 0 Å². The van der Waals surface area contributed by atoms with Crippen LogP contribution in [0.2, 0.25) is 0 Å². The van der Waals surface area contributed by atoms with Crippen LogP contribution in [-0.4, -0.2) is 37.5 Å². The third-order valence-corrected chi connectivity index (χ3v) is 2.21. The number of likely N-dealkylation sites (N-methyl/N-ethyl adjacent to an activating group) is 1. The van der Waals surface area contributed by atoms with Crippen molar-refractivity contribution in [1.29, 1.82) is 0 Å². The highest BCUT2D eigenvalue weighted by Crippen LogP contribution is 2.35. The van der Waals surface area contributed by atoms with E-state index in [1.54, 1.807) is 20.4 Å². The smallest absolute Gasteiger partial charge is 0.246 e. The lowest BCUT2D eigenvalue weighted by molar-refractivity contribution is -0.124. The summed E-state index contributed by atoms with van der Waals surface area (Å²) in [5, 5.41) is 0. The summed E-state index contributed by atoms with van der Waals surface area (Å²) in [6, 6.07) is 0. The molecule has 0 bridgehead atoms. The van der Waals surface area contributed by atoms with Crippen LogP contribution in [0.5, 0.6) is 0 Å². The molecule has 0 radical (unpaired) electrons. The maximum atomic E-state index is 11.2. The van der Waals surface area contributed by atoms with Crippen molar-refractivity contribution in [3.8, 4) is 0 Å². The molecule has 0 saturated heterocycles. The third kappa shape index (κ3) is 4.79. The lowest BCUT2D eigenvalue weighted by Gasteiger charge is -2.17. The van der Waals surface area contributed by atoms with Gasteiger partial charge in [-0.3, -0.25) is 4.79 Å². The summed E-state index contributed by atoms with van der Waals surface area (Å²) < 4.78 is 11.2. The van der Waals surface area contributed by atoms with Crippen molar-refractivity contribution in [3.05, 3.63) is 12.7 Å². The second kappa shape index (κ2) is 3.72. The summed E-state index contributed by atoms with van der Waals surface area (Å²) in [5.74, 6) is -0.186. The van der Waals surface area contributed by atoms with Crippen LogP contribution in [0.1, 0.15) is 0 Å². The van der Waals surface area contributed by atoms with Crippen LogP contribution in [0.4, 0.5) is 0 Å². The first-order chi connectivity index (χ1) is 4.87. The number of nitrogens with zero attached hydrogens (tertiary/aromatic N) is 1. The van der Waals surface area contributed by atoms with Crippen molar-refractivity contribution in [2.75, 3.05) is 26.7 Å². The Morgan fingerprint density at radius 2 is 2.09 bits per heavy atom. The van der Waals surface area contributed by atoms with Crippen LogP contribution in [0.25, 0.3) is 0 Å². The minimum absolute atomic E-state index is 0.186. The van der Waals surface area contributed by atoms with E-state index in [0.717, 1.165) is 0 Å². The Labute approximate surface area is 67.5 Å². The topological polar surface area (TPSA) is 37.4 Å². The molecule has 0 fully saturated rings. The molecule has 0 unspecified atom stereocenters. The largest absolute Gasteiger partial charge is 0.335 e. The highest BCUT2D eigenvalue weighted by molar-refractivity contribution is 7.62. The Balaban J connectivity index is 4.08. The highest BCUT2D eigenvalue weighted by atomic mass is 31.2. The van der Waals surface area contributed by atoms with E-state index in [2.05, 4.69) is 6.58 Å². The van der Waals surface area contributed by atoms with E-state index in [1.807, 2.05) is 0 Å². The van der Waals surface area contributed by atoms with Crippen molar-refractivity contribution < 1.29 is 9.36 Å². The van der Waals surface area contributed by atoms with Gasteiger partial charge in [-0.1, -0.05) is 6.58 Å². The van der Waals surface area contributed by atoms with E-state index in [0.29, 0.717) is 6.29 Å². The zero-order valence-corrected chi connectivity index (χ0v) is 8.10. The standard InChI is InChI=1S/C7H14NO2P/c1-5-7(9)8(2)6-11(3,4)10/h5H,1,6H2,2-4H3. The van der Waals surface area contributed by atoms with Gasteiger partial charge in [0, 0.05) is 7.05 Å². The molecule has 4 heteroatoms. The first kappa shape index (κ1) is 10.4. The summed E-state index contributed by atoms with van der Waals surface area (Å²) in [4.78, 5) is 12.3. The predicted molar refractivity (Wildman–Crippen MR) is 47.3 cm³/mol. The van der Waals surface area contributed by atoms with E-state index in [1.165, 1.54) is 11.0 Å². The van der Waals surface area contributed by atoms with Crippen LogP contribution in [-0.2, 0) is 9.36 Å². The molecule has 0 aromatic rings. The van der Waals surface area contributed by atoms with Crippen LogP contribution in [0.15, 0.2) is 12.7 Å². The molecule has 0 aliphatic carbocycles. The average molecular weight is 175 g/mol. The monoisotopic (exact) mass is 175 g/mol. The Hall–Kier alpha value is -0.560. The van der Waals surface area contributed by atoms with Gasteiger partial charge in [0.15, 0.2) is 0 Å². The number of amides is 1. The van der Waals surface area contributed by atoms with Gasteiger partial charge in [-0.2, -0.15) is 0 Å². The van der Waals surface area contributed by atoms with Gasteiger partial charge in [0.1, 0.15) is 7.14 Å². The molecule has 0 aromatic carbocycles. The average Bonchev–Trinajstić information content (AvgIpc) is 1.82. The summed E-state index contributed by atoms with van der Waals surface area (Å²) in [5.41, 5.74) is 0. The van der Waals surface area contributed by atoms with Crippen molar-refractivity contribution in [2.45, 2.75) is 0 Å². The van der Waals surface area contributed by atoms with E-state index >= 15 is 0 Å². The Morgan fingerprint density at radius 3 is 2.36 bits per heavy atom. The Kier molecular flexibility index (Phi) is 3.53. The molecule has 0 rings (SSSR count). The zero-order valence-electron chi connectivity index (χ0n) is 7.20. The van der Waals surface area contributed by atoms with Gasteiger partial charge in [0.05, 0.1) is 6.29 Å². The normalized spacial score (nSPS) is 10.8. The lowest BCUT2D eigenvalue weighted by atomic mass is 10.5. The number of carbonyl (C=O) groups excluding carboxylic acids is 1. The van der Waals surface area contributed by atoms with Gasteiger partial charge >= 0.3 is 0 Å². The van der Waals surface area contributed by atoms with Gasteiger partial charge in [-0.05, 0) is 19.4 Å². The molecule has 0 aromatic heterocycles. The molecule has 11 heavy (non-hydrogen) atoms. The SMILES string of the molecule is C=CC(=O)N(C)CP(C)(C)=O. The minimum atomic E-state index is -2.13. The van der Waals surface area contributed by atoms with Crippen molar-refractivity contribution >= 4 is 13.0 Å². The molecule has 0 N–H and O–H groups in total. The fraction of sp³-hybridized carbons (Fsp3) is 0.571. The van der Waals surface area contributed by atoms with Gasteiger partial charge in [0.2, 0.25) is 5.91 Å². The minimum Gasteiger partial charge on any atom is -0.335 e. The number of hydrogen-bond donors (Lipinski definition) is 0. The zero-order chi connectivity index (χ0) is 9.07. The fourth-order valence-corrected chi connectivity index (χ4v) is 1.90. The van der Waals surface area contributed by atoms with Gasteiger partial charge in [-0.25, -0.2) is 0 Å². The fourth-order valence-electron chi connectivity index (χ4n) is 0.736. The maximum Gasteiger partial charge on any atom is 0.246 e. The molecule has 1 amide bonds. The molecule has 64 valence electrons. The molecular weight excluding hydrogens is 161 g/mol. The van der Waals surface area contributed by atoms with Crippen LogP contribution >= 0.6 is 7.14 Å². The van der Waals surface area contributed by atoms with Gasteiger partial charge in [-0.15, -0.1) is 0 Å². The third-order valence-electron chi connectivity index (χ3n) is 1.10. The first-order valence-electron chi connectivity index (χ1n) is 3.28. The second-order valence-electron chi connectivity index (χ2n) is 2.96. The molecule has 0 atom stereocenters. The highest BCUT2D eigenvalue weighted by Gasteiger charge is 2.13.